The molecule has 0 spiro atoms. The number of nitrogens with two attached hydrogens (primary N) is 1. The molecular weight excluding hydrogens is 213 g/mol. The highest BCUT2D eigenvalue weighted by atomic mass is 16.4. The summed E-state index contributed by atoms with van der Waals surface area (Å²) in [6, 6.07) is 0. The Morgan fingerprint density at radius 1 is 1.44 bits per heavy atom. The average molecular weight is 231 g/mol. The van der Waals surface area contributed by atoms with Gasteiger partial charge in [0.25, 0.3) is 0 Å². The van der Waals surface area contributed by atoms with Crippen LogP contribution in [0.15, 0.2) is 0 Å². The number of aliphatic hydroxyl groups is 1. The van der Waals surface area contributed by atoms with E-state index in [0.29, 0.717) is 19.3 Å². The van der Waals surface area contributed by atoms with Crippen molar-refractivity contribution in [3.63, 3.8) is 0 Å². The molecule has 16 heavy (non-hydrogen) atoms. The van der Waals surface area contributed by atoms with Crippen LogP contribution in [0.5, 0.6) is 0 Å². The topological polar surface area (TPSA) is 124 Å². The van der Waals surface area contributed by atoms with Gasteiger partial charge in [-0.3, -0.25) is 4.79 Å². The highest BCUT2D eigenvalue weighted by Crippen LogP contribution is 2.34. The largest absolute Gasteiger partial charge is 0.480 e. The van der Waals surface area contributed by atoms with Gasteiger partial charge in [0.05, 0.1) is 6.10 Å². The quantitative estimate of drug-likeness (QED) is 0.387. The summed E-state index contributed by atoms with van der Waals surface area (Å²) in [5.41, 5.74) is 4.07. The third kappa shape index (κ3) is 2.94. The molecule has 0 heterocycles. The fourth-order valence-corrected chi connectivity index (χ4v) is 2.23. The Hall–Kier alpha value is -0.625. The van der Waals surface area contributed by atoms with Crippen LogP contribution < -0.4 is 5.73 Å². The van der Waals surface area contributed by atoms with Crippen LogP contribution >= 0.6 is 0 Å². The molecule has 1 saturated carbocycles. The Balaban J connectivity index is 2.57. The number of carbonyl (C=O) groups is 1. The van der Waals surface area contributed by atoms with Crippen molar-refractivity contribution in [1.29, 1.82) is 0 Å². The standard InChI is InChI=1S/C9H18BNO5/c11-9(8(13)14)5-6(1-2-7(9)12)3-4-10(15)16/h6-7,12,15-16H,1-5,11H2,(H,13,14)/t6?,7-,9-/m1/s1. The lowest BCUT2D eigenvalue weighted by atomic mass is 9.70. The third-order valence-corrected chi connectivity index (χ3v) is 3.30. The van der Waals surface area contributed by atoms with E-state index in [4.69, 9.17) is 20.9 Å². The molecule has 3 atom stereocenters. The van der Waals surface area contributed by atoms with Gasteiger partial charge in [0, 0.05) is 0 Å². The molecule has 0 saturated heterocycles. The zero-order valence-electron chi connectivity index (χ0n) is 9.04. The summed E-state index contributed by atoms with van der Waals surface area (Å²) >= 11 is 0. The minimum atomic E-state index is -1.59. The highest BCUT2D eigenvalue weighted by Gasteiger charge is 2.46. The van der Waals surface area contributed by atoms with E-state index in [0.717, 1.165) is 0 Å². The predicted molar refractivity (Wildman–Crippen MR) is 57.5 cm³/mol. The van der Waals surface area contributed by atoms with Gasteiger partial charge in [-0.05, 0) is 31.5 Å². The van der Waals surface area contributed by atoms with E-state index in [1.54, 1.807) is 0 Å². The van der Waals surface area contributed by atoms with E-state index in [2.05, 4.69) is 0 Å². The molecule has 0 aliphatic heterocycles. The first-order valence-electron chi connectivity index (χ1n) is 5.42. The summed E-state index contributed by atoms with van der Waals surface area (Å²) < 4.78 is 0. The third-order valence-electron chi connectivity index (χ3n) is 3.30. The average Bonchev–Trinajstić information content (AvgIpc) is 2.19. The van der Waals surface area contributed by atoms with E-state index >= 15 is 0 Å². The molecule has 0 aromatic rings. The Kier molecular flexibility index (Phi) is 4.31. The van der Waals surface area contributed by atoms with Crippen molar-refractivity contribution in [2.24, 2.45) is 11.7 Å². The van der Waals surface area contributed by atoms with Crippen LogP contribution in [0.2, 0.25) is 6.32 Å². The second kappa shape index (κ2) is 5.14. The van der Waals surface area contributed by atoms with Gasteiger partial charge >= 0.3 is 13.1 Å². The molecule has 0 radical (unpaired) electrons. The molecule has 0 aromatic heterocycles. The molecule has 1 aliphatic rings. The van der Waals surface area contributed by atoms with Crippen LogP contribution in [0, 0.1) is 5.92 Å². The number of hydrogen-bond acceptors (Lipinski definition) is 5. The molecule has 92 valence electrons. The van der Waals surface area contributed by atoms with E-state index in [-0.39, 0.29) is 18.7 Å². The maximum absolute atomic E-state index is 11.0. The van der Waals surface area contributed by atoms with E-state index < -0.39 is 24.7 Å². The van der Waals surface area contributed by atoms with E-state index in [1.807, 2.05) is 0 Å². The summed E-state index contributed by atoms with van der Waals surface area (Å²) in [5, 5.41) is 36.0. The van der Waals surface area contributed by atoms with Crippen LogP contribution in [0.4, 0.5) is 0 Å². The van der Waals surface area contributed by atoms with Gasteiger partial charge < -0.3 is 26.0 Å². The maximum Gasteiger partial charge on any atom is 0.451 e. The number of carboxylic acids is 1. The molecule has 0 bridgehead atoms. The predicted octanol–water partition coefficient (Wildman–Crippen LogP) is -1.21. The SMILES string of the molecule is N[C@]1(C(=O)O)CC(CCB(O)O)CC[C@H]1O. The summed E-state index contributed by atoms with van der Waals surface area (Å²) in [6.07, 6.45) is 0.874. The van der Waals surface area contributed by atoms with Crippen LogP contribution in [-0.4, -0.2) is 45.0 Å². The molecular formula is C9H18BNO5. The minimum Gasteiger partial charge on any atom is -0.480 e. The van der Waals surface area contributed by atoms with Crippen molar-refractivity contribution in [1.82, 2.24) is 0 Å². The lowest BCUT2D eigenvalue weighted by molar-refractivity contribution is -0.151. The van der Waals surface area contributed by atoms with Crippen LogP contribution in [0.1, 0.15) is 25.7 Å². The molecule has 6 N–H and O–H groups in total. The van der Waals surface area contributed by atoms with Crippen molar-refractivity contribution in [2.75, 3.05) is 0 Å². The van der Waals surface area contributed by atoms with Gasteiger partial charge in [0.15, 0.2) is 0 Å². The zero-order chi connectivity index (χ0) is 12.3. The monoisotopic (exact) mass is 231 g/mol. The molecule has 7 heteroatoms. The molecule has 1 fully saturated rings. The van der Waals surface area contributed by atoms with Crippen LogP contribution in [0.25, 0.3) is 0 Å². The lowest BCUT2D eigenvalue weighted by Crippen LogP contribution is -2.60. The van der Waals surface area contributed by atoms with Crippen molar-refractivity contribution in [2.45, 2.75) is 43.6 Å². The van der Waals surface area contributed by atoms with Crippen molar-refractivity contribution < 1.29 is 25.1 Å². The lowest BCUT2D eigenvalue weighted by Gasteiger charge is -2.38. The molecule has 1 aliphatic carbocycles. The number of aliphatic hydroxyl groups excluding tert-OH is 1. The molecule has 0 aromatic carbocycles. The minimum absolute atomic E-state index is 0.0197. The first kappa shape index (κ1) is 13.4. The normalized spacial score (nSPS) is 34.8. The number of rotatable bonds is 4. The fourth-order valence-electron chi connectivity index (χ4n) is 2.23. The Bertz CT molecular complexity index is 262. The highest BCUT2D eigenvalue weighted by molar-refractivity contribution is 6.40. The maximum atomic E-state index is 11.0. The summed E-state index contributed by atoms with van der Waals surface area (Å²) in [4.78, 5) is 11.0. The second-order valence-electron chi connectivity index (χ2n) is 4.57. The number of hydrogen-bond donors (Lipinski definition) is 5. The number of aliphatic carboxylic acids is 1. The van der Waals surface area contributed by atoms with Crippen molar-refractivity contribution >= 4 is 13.1 Å². The Labute approximate surface area is 94.2 Å². The second-order valence-corrected chi connectivity index (χ2v) is 4.57. The van der Waals surface area contributed by atoms with E-state index in [9.17, 15) is 9.90 Å². The number of carboxylic acid groups (broad SMARTS) is 1. The smallest absolute Gasteiger partial charge is 0.451 e. The summed E-state index contributed by atoms with van der Waals surface area (Å²) in [5.74, 6) is -1.18. The van der Waals surface area contributed by atoms with Gasteiger partial charge in [-0.2, -0.15) is 0 Å². The molecule has 1 rings (SSSR count). The van der Waals surface area contributed by atoms with Crippen LogP contribution in [0.3, 0.4) is 0 Å². The van der Waals surface area contributed by atoms with Crippen LogP contribution in [-0.2, 0) is 4.79 Å². The Morgan fingerprint density at radius 2 is 2.06 bits per heavy atom. The first-order valence-corrected chi connectivity index (χ1v) is 5.42. The molecule has 6 nitrogen and oxygen atoms in total. The fraction of sp³-hybridized carbons (Fsp3) is 0.889. The molecule has 1 unspecified atom stereocenters. The van der Waals surface area contributed by atoms with Gasteiger partial charge in [-0.15, -0.1) is 0 Å². The van der Waals surface area contributed by atoms with Gasteiger partial charge in [-0.1, -0.05) is 6.42 Å². The van der Waals surface area contributed by atoms with Crippen molar-refractivity contribution in [3.8, 4) is 0 Å². The Morgan fingerprint density at radius 3 is 2.56 bits per heavy atom. The zero-order valence-corrected chi connectivity index (χ0v) is 9.04. The van der Waals surface area contributed by atoms with E-state index in [1.165, 1.54) is 0 Å². The van der Waals surface area contributed by atoms with Gasteiger partial charge in [0.1, 0.15) is 5.54 Å². The van der Waals surface area contributed by atoms with Crippen molar-refractivity contribution in [3.05, 3.63) is 0 Å². The molecule has 0 amide bonds. The first-order chi connectivity index (χ1) is 7.36. The van der Waals surface area contributed by atoms with Gasteiger partial charge in [0.2, 0.25) is 0 Å². The summed E-state index contributed by atoms with van der Waals surface area (Å²) in [7, 11) is -1.37. The summed E-state index contributed by atoms with van der Waals surface area (Å²) in [6.45, 7) is 0. The van der Waals surface area contributed by atoms with Gasteiger partial charge in [-0.25, -0.2) is 0 Å².